The Morgan fingerprint density at radius 1 is 1.64 bits per heavy atom. The van der Waals surface area contributed by atoms with Crippen LogP contribution in [0.5, 0.6) is 0 Å². The lowest BCUT2D eigenvalue weighted by Crippen LogP contribution is -2.23. The van der Waals surface area contributed by atoms with Crippen molar-refractivity contribution in [2.45, 2.75) is 18.7 Å². The molecule has 0 saturated carbocycles. The molecule has 1 unspecified atom stereocenters. The summed E-state index contributed by atoms with van der Waals surface area (Å²) in [6.45, 7) is 5.74. The zero-order valence-corrected chi connectivity index (χ0v) is 8.63. The number of hydrogen-bond donors (Lipinski definition) is 0. The van der Waals surface area contributed by atoms with E-state index in [1.54, 1.807) is 0 Å². The number of hydrogen-bond acceptors (Lipinski definition) is 2. The first-order valence-corrected chi connectivity index (χ1v) is 5.86. The van der Waals surface area contributed by atoms with Crippen LogP contribution in [0.1, 0.15) is 13.3 Å². The van der Waals surface area contributed by atoms with Gasteiger partial charge in [-0.15, -0.1) is 11.6 Å². The second kappa shape index (κ2) is 5.28. The summed E-state index contributed by atoms with van der Waals surface area (Å²) < 4.78 is 0. The van der Waals surface area contributed by atoms with Crippen LogP contribution in [-0.4, -0.2) is 41.4 Å². The second-order valence-electron chi connectivity index (χ2n) is 2.88. The van der Waals surface area contributed by atoms with E-state index in [0.717, 1.165) is 6.54 Å². The molecule has 1 rings (SSSR count). The van der Waals surface area contributed by atoms with Crippen molar-refractivity contribution in [1.29, 1.82) is 0 Å². The van der Waals surface area contributed by atoms with E-state index in [-0.39, 0.29) is 0 Å². The molecular weight excluding hydrogens is 178 g/mol. The summed E-state index contributed by atoms with van der Waals surface area (Å²) in [4.78, 5) is 2.46. The van der Waals surface area contributed by atoms with Crippen molar-refractivity contribution in [2.75, 3.05) is 31.1 Å². The Balaban J connectivity index is 1.99. The van der Waals surface area contributed by atoms with Crippen molar-refractivity contribution in [1.82, 2.24) is 4.90 Å². The average Bonchev–Trinajstić information content (AvgIpc) is 2.37. The van der Waals surface area contributed by atoms with Crippen LogP contribution in [0.3, 0.4) is 0 Å². The monoisotopic (exact) mass is 193 g/mol. The lowest BCUT2D eigenvalue weighted by atomic mass is 10.4. The fraction of sp³-hybridized carbons (Fsp3) is 1.00. The van der Waals surface area contributed by atoms with Crippen LogP contribution in [0, 0.1) is 0 Å². The molecule has 1 aliphatic rings. The Morgan fingerprint density at radius 2 is 2.45 bits per heavy atom. The van der Waals surface area contributed by atoms with Crippen LogP contribution in [0.25, 0.3) is 0 Å². The fourth-order valence-electron chi connectivity index (χ4n) is 1.33. The van der Waals surface area contributed by atoms with Crippen LogP contribution in [-0.2, 0) is 0 Å². The van der Waals surface area contributed by atoms with Crippen molar-refractivity contribution in [3.8, 4) is 0 Å². The molecule has 1 fully saturated rings. The first kappa shape index (κ1) is 9.69. The molecule has 1 aliphatic heterocycles. The van der Waals surface area contributed by atoms with E-state index in [4.69, 9.17) is 11.6 Å². The molecule has 11 heavy (non-hydrogen) atoms. The number of likely N-dealkylation sites (tertiary alicyclic amines) is 1. The highest BCUT2D eigenvalue weighted by molar-refractivity contribution is 7.99. The molecule has 66 valence electrons. The van der Waals surface area contributed by atoms with Crippen molar-refractivity contribution in [3.63, 3.8) is 0 Å². The van der Waals surface area contributed by atoms with Gasteiger partial charge in [0.05, 0.1) is 0 Å². The first-order valence-electron chi connectivity index (χ1n) is 4.27. The molecule has 0 aromatic rings. The van der Waals surface area contributed by atoms with Crippen molar-refractivity contribution in [3.05, 3.63) is 0 Å². The van der Waals surface area contributed by atoms with E-state index >= 15 is 0 Å². The van der Waals surface area contributed by atoms with Gasteiger partial charge in [-0.05, 0) is 18.7 Å². The van der Waals surface area contributed by atoms with Gasteiger partial charge in [0.25, 0.3) is 0 Å². The number of nitrogens with zero attached hydrogens (tertiary/aromatic N) is 1. The summed E-state index contributed by atoms with van der Waals surface area (Å²) in [5.74, 6) is 2.50. The minimum absolute atomic E-state index is 0.418. The van der Waals surface area contributed by atoms with E-state index in [1.807, 2.05) is 11.8 Å². The van der Waals surface area contributed by atoms with Crippen LogP contribution >= 0.6 is 23.4 Å². The third-order valence-electron chi connectivity index (χ3n) is 1.97. The van der Waals surface area contributed by atoms with Gasteiger partial charge in [-0.25, -0.2) is 0 Å². The molecule has 0 amide bonds. The molecule has 1 saturated heterocycles. The number of halogens is 1. The third-order valence-corrected chi connectivity index (χ3v) is 3.21. The standard InChI is InChI=1S/C8H16ClNS/c1-2-11-6-5-10-4-3-8(9)7-10/h8H,2-7H2,1H3. The smallest absolute Gasteiger partial charge is 0.0475 e. The van der Waals surface area contributed by atoms with Gasteiger partial charge in [-0.1, -0.05) is 6.92 Å². The Labute approximate surface area is 78.5 Å². The van der Waals surface area contributed by atoms with Crippen LogP contribution < -0.4 is 0 Å². The maximum absolute atomic E-state index is 5.97. The van der Waals surface area contributed by atoms with Crippen molar-refractivity contribution < 1.29 is 0 Å². The largest absolute Gasteiger partial charge is 0.301 e. The average molecular weight is 194 g/mol. The van der Waals surface area contributed by atoms with Gasteiger partial charge in [-0.2, -0.15) is 11.8 Å². The van der Waals surface area contributed by atoms with Gasteiger partial charge in [0.15, 0.2) is 0 Å². The maximum Gasteiger partial charge on any atom is 0.0475 e. The molecule has 1 atom stereocenters. The maximum atomic E-state index is 5.97. The van der Waals surface area contributed by atoms with Gasteiger partial charge in [0.2, 0.25) is 0 Å². The summed E-state index contributed by atoms with van der Waals surface area (Å²) >= 11 is 7.98. The molecule has 1 nitrogen and oxygen atoms in total. The molecule has 0 aromatic carbocycles. The molecule has 3 heteroatoms. The van der Waals surface area contributed by atoms with E-state index in [9.17, 15) is 0 Å². The van der Waals surface area contributed by atoms with Crippen molar-refractivity contribution >= 4 is 23.4 Å². The van der Waals surface area contributed by atoms with Crippen molar-refractivity contribution in [2.24, 2.45) is 0 Å². The highest BCUT2D eigenvalue weighted by atomic mass is 35.5. The zero-order chi connectivity index (χ0) is 8.10. The minimum atomic E-state index is 0.418. The van der Waals surface area contributed by atoms with Gasteiger partial charge < -0.3 is 4.90 Å². The molecule has 0 aromatic heterocycles. The van der Waals surface area contributed by atoms with Gasteiger partial charge in [-0.3, -0.25) is 0 Å². The molecule has 0 bridgehead atoms. The Bertz CT molecular complexity index is 110. The highest BCUT2D eigenvalue weighted by Gasteiger charge is 2.18. The number of rotatable bonds is 4. The number of thioether (sulfide) groups is 1. The highest BCUT2D eigenvalue weighted by Crippen LogP contribution is 2.14. The molecule has 0 aliphatic carbocycles. The SMILES string of the molecule is CCSCCN1CCC(Cl)C1. The summed E-state index contributed by atoms with van der Waals surface area (Å²) in [6, 6.07) is 0. The quantitative estimate of drug-likeness (QED) is 0.497. The molecule has 0 radical (unpaired) electrons. The van der Waals surface area contributed by atoms with E-state index in [0.29, 0.717) is 5.38 Å². The van der Waals surface area contributed by atoms with Crippen LogP contribution in [0.2, 0.25) is 0 Å². The first-order chi connectivity index (χ1) is 5.33. The van der Waals surface area contributed by atoms with Gasteiger partial charge >= 0.3 is 0 Å². The van der Waals surface area contributed by atoms with E-state index in [1.165, 1.54) is 31.0 Å². The Kier molecular flexibility index (Phi) is 4.65. The lowest BCUT2D eigenvalue weighted by Gasteiger charge is -2.13. The Morgan fingerprint density at radius 3 is 3.00 bits per heavy atom. The second-order valence-corrected chi connectivity index (χ2v) is 4.89. The molecule has 0 N–H and O–H groups in total. The zero-order valence-electron chi connectivity index (χ0n) is 7.05. The number of alkyl halides is 1. The lowest BCUT2D eigenvalue weighted by molar-refractivity contribution is 0.362. The molecule has 1 heterocycles. The third kappa shape index (κ3) is 3.68. The topological polar surface area (TPSA) is 3.24 Å². The van der Waals surface area contributed by atoms with Gasteiger partial charge in [0, 0.05) is 24.2 Å². The summed E-state index contributed by atoms with van der Waals surface area (Å²) in [5.41, 5.74) is 0. The molecular formula is C8H16ClNS. The predicted octanol–water partition coefficient (Wildman–Crippen LogP) is 2.05. The predicted molar refractivity (Wildman–Crippen MR) is 53.7 cm³/mol. The van der Waals surface area contributed by atoms with Crippen LogP contribution in [0.4, 0.5) is 0 Å². The molecule has 0 spiro atoms. The summed E-state index contributed by atoms with van der Waals surface area (Å²) in [6.07, 6.45) is 1.18. The summed E-state index contributed by atoms with van der Waals surface area (Å²) in [7, 11) is 0. The van der Waals surface area contributed by atoms with Gasteiger partial charge in [0.1, 0.15) is 0 Å². The fourth-order valence-corrected chi connectivity index (χ4v) is 2.30. The van der Waals surface area contributed by atoms with E-state index < -0.39 is 0 Å². The van der Waals surface area contributed by atoms with Crippen LogP contribution in [0.15, 0.2) is 0 Å². The summed E-state index contributed by atoms with van der Waals surface area (Å²) in [5, 5.41) is 0.418. The Hall–Kier alpha value is 0.600. The normalized spacial score (nSPS) is 26.2. The minimum Gasteiger partial charge on any atom is -0.301 e. The van der Waals surface area contributed by atoms with E-state index in [2.05, 4.69) is 11.8 Å².